The number of carboxylic acids is 1. The SMILES string of the molecule is O=C(O)C1CCC(C2CCCCC2)CC1C(=O)NCC1CCC(CNOCC2CC(C3CCCCC3)CCC2COO)CC1. The maximum atomic E-state index is 13.3. The average Bonchev–Trinajstić information content (AvgIpc) is 3.07. The molecule has 5 aliphatic rings. The minimum absolute atomic E-state index is 0.0200. The summed E-state index contributed by atoms with van der Waals surface area (Å²) in [5, 5.41) is 22.2. The van der Waals surface area contributed by atoms with Crippen LogP contribution >= 0.6 is 0 Å². The lowest BCUT2D eigenvalue weighted by Gasteiger charge is -2.40. The Morgan fingerprint density at radius 1 is 0.591 bits per heavy atom. The monoisotopic (exact) mass is 618 g/mol. The molecule has 6 atom stereocenters. The first-order valence-corrected chi connectivity index (χ1v) is 18.6. The predicted octanol–water partition coefficient (Wildman–Crippen LogP) is 7.23. The van der Waals surface area contributed by atoms with E-state index >= 15 is 0 Å². The van der Waals surface area contributed by atoms with Crippen LogP contribution in [0.4, 0.5) is 0 Å². The molecule has 4 N–H and O–H groups in total. The summed E-state index contributed by atoms with van der Waals surface area (Å²) in [5.74, 6) is 2.96. The van der Waals surface area contributed by atoms with E-state index in [0.717, 1.165) is 63.3 Å². The number of aliphatic carboxylic acids is 1. The highest BCUT2D eigenvalue weighted by Crippen LogP contribution is 2.44. The Morgan fingerprint density at radius 3 is 1.80 bits per heavy atom. The maximum Gasteiger partial charge on any atom is 0.307 e. The summed E-state index contributed by atoms with van der Waals surface area (Å²) >= 11 is 0. The van der Waals surface area contributed by atoms with Gasteiger partial charge < -0.3 is 15.3 Å². The summed E-state index contributed by atoms with van der Waals surface area (Å²) in [5.41, 5.74) is 3.29. The number of nitrogens with one attached hydrogen (secondary N) is 2. The second-order valence-electron chi connectivity index (χ2n) is 15.6. The fraction of sp³-hybridized carbons (Fsp3) is 0.944. The molecule has 0 aromatic heterocycles. The molecule has 6 unspecified atom stereocenters. The van der Waals surface area contributed by atoms with E-state index < -0.39 is 11.9 Å². The quantitative estimate of drug-likeness (QED) is 0.0977. The van der Waals surface area contributed by atoms with Gasteiger partial charge in [0.1, 0.15) is 0 Å². The molecule has 0 saturated heterocycles. The Labute approximate surface area is 266 Å². The normalized spacial score (nSPS) is 36.1. The second kappa shape index (κ2) is 17.6. The molecule has 0 aliphatic heterocycles. The van der Waals surface area contributed by atoms with E-state index in [1.165, 1.54) is 77.0 Å². The van der Waals surface area contributed by atoms with Gasteiger partial charge in [0.15, 0.2) is 0 Å². The van der Waals surface area contributed by atoms with Gasteiger partial charge in [0, 0.05) is 13.1 Å². The molecule has 8 nitrogen and oxygen atoms in total. The number of amides is 1. The molecule has 1 amide bonds. The summed E-state index contributed by atoms with van der Waals surface area (Å²) < 4.78 is 0. The minimum Gasteiger partial charge on any atom is -0.481 e. The van der Waals surface area contributed by atoms with Gasteiger partial charge >= 0.3 is 5.97 Å². The van der Waals surface area contributed by atoms with Crippen molar-refractivity contribution in [3.63, 3.8) is 0 Å². The van der Waals surface area contributed by atoms with Gasteiger partial charge in [-0.2, -0.15) is 0 Å². The van der Waals surface area contributed by atoms with Gasteiger partial charge in [-0.15, -0.1) is 0 Å². The summed E-state index contributed by atoms with van der Waals surface area (Å²) in [6, 6.07) is 0. The lowest BCUT2D eigenvalue weighted by atomic mass is 9.66. The van der Waals surface area contributed by atoms with Crippen LogP contribution in [-0.4, -0.2) is 48.5 Å². The fourth-order valence-corrected chi connectivity index (χ4v) is 10.1. The van der Waals surface area contributed by atoms with Crippen LogP contribution in [0.3, 0.4) is 0 Å². The van der Waals surface area contributed by atoms with Gasteiger partial charge in [-0.1, -0.05) is 64.2 Å². The molecule has 0 spiro atoms. The van der Waals surface area contributed by atoms with Crippen molar-refractivity contribution in [1.82, 2.24) is 10.8 Å². The van der Waals surface area contributed by atoms with Crippen molar-refractivity contribution >= 4 is 11.9 Å². The predicted molar refractivity (Wildman–Crippen MR) is 170 cm³/mol. The molecule has 5 rings (SSSR count). The highest BCUT2D eigenvalue weighted by atomic mass is 17.1. The highest BCUT2D eigenvalue weighted by molar-refractivity contribution is 5.84. The molecule has 0 radical (unpaired) electrons. The number of carboxylic acid groups (broad SMARTS) is 1. The van der Waals surface area contributed by atoms with E-state index in [0.29, 0.717) is 61.7 Å². The first-order valence-electron chi connectivity index (χ1n) is 18.6. The first-order chi connectivity index (χ1) is 21.5. The molecule has 44 heavy (non-hydrogen) atoms. The molecule has 0 aromatic rings. The largest absolute Gasteiger partial charge is 0.481 e. The number of hydrogen-bond donors (Lipinski definition) is 4. The summed E-state index contributed by atoms with van der Waals surface area (Å²) in [4.78, 5) is 36.0. The van der Waals surface area contributed by atoms with Crippen LogP contribution in [0.2, 0.25) is 0 Å². The number of rotatable bonds is 13. The van der Waals surface area contributed by atoms with E-state index in [9.17, 15) is 14.7 Å². The van der Waals surface area contributed by atoms with Crippen molar-refractivity contribution < 1.29 is 29.7 Å². The van der Waals surface area contributed by atoms with Crippen LogP contribution < -0.4 is 10.8 Å². The Balaban J connectivity index is 0.987. The van der Waals surface area contributed by atoms with E-state index in [1.54, 1.807) is 0 Å². The van der Waals surface area contributed by atoms with Crippen molar-refractivity contribution in [3.8, 4) is 0 Å². The molecule has 5 aliphatic carbocycles. The molecular weight excluding hydrogens is 556 g/mol. The maximum absolute atomic E-state index is 13.3. The third-order valence-electron chi connectivity index (χ3n) is 12.9. The summed E-state index contributed by atoms with van der Waals surface area (Å²) in [7, 11) is 0. The number of carbonyl (C=O) groups excluding carboxylic acids is 1. The van der Waals surface area contributed by atoms with Gasteiger partial charge in [-0.25, -0.2) is 10.4 Å². The Hall–Kier alpha value is -1.22. The van der Waals surface area contributed by atoms with E-state index in [2.05, 4.69) is 15.7 Å². The van der Waals surface area contributed by atoms with Crippen LogP contribution in [-0.2, 0) is 19.3 Å². The topological polar surface area (TPSA) is 117 Å². The third-order valence-corrected chi connectivity index (χ3v) is 12.9. The lowest BCUT2D eigenvalue weighted by molar-refractivity contribution is -0.257. The zero-order valence-electron chi connectivity index (χ0n) is 27.3. The van der Waals surface area contributed by atoms with E-state index in [4.69, 9.17) is 10.1 Å². The molecule has 8 heteroatoms. The molecule has 0 aromatic carbocycles. The Kier molecular flexibility index (Phi) is 13.7. The van der Waals surface area contributed by atoms with Crippen LogP contribution in [0, 0.1) is 59.2 Å². The van der Waals surface area contributed by atoms with Gasteiger partial charge in [0.05, 0.1) is 25.0 Å². The third kappa shape index (κ3) is 9.65. The summed E-state index contributed by atoms with van der Waals surface area (Å²) in [6.45, 7) is 2.61. The smallest absolute Gasteiger partial charge is 0.307 e. The van der Waals surface area contributed by atoms with Crippen molar-refractivity contribution in [2.45, 2.75) is 128 Å². The van der Waals surface area contributed by atoms with E-state index in [-0.39, 0.29) is 11.8 Å². The van der Waals surface area contributed by atoms with Crippen molar-refractivity contribution in [2.75, 3.05) is 26.3 Å². The standard InChI is InChI=1S/C36H62N2O6/c39-35(34-20-30(17-18-33(34)36(40)41)28-9-5-2-6-10-28)37-21-25-11-13-26(14-12-25)22-38-43-23-32-19-29(15-16-31(32)24-44-42)27-7-3-1-4-8-27/h25-34,38,42H,1-24H2,(H,37,39)(H,40,41). The van der Waals surface area contributed by atoms with Crippen LogP contribution in [0.1, 0.15) is 128 Å². The Morgan fingerprint density at radius 2 is 1.18 bits per heavy atom. The lowest BCUT2D eigenvalue weighted by Crippen LogP contribution is -2.44. The number of carbonyl (C=O) groups is 2. The molecular formula is C36H62N2O6. The number of hydrogen-bond acceptors (Lipinski definition) is 6. The molecule has 5 saturated carbocycles. The highest BCUT2D eigenvalue weighted by Gasteiger charge is 2.42. The van der Waals surface area contributed by atoms with Gasteiger partial charge in [-0.05, 0) is 112 Å². The van der Waals surface area contributed by atoms with Crippen LogP contribution in [0.5, 0.6) is 0 Å². The first kappa shape index (κ1) is 34.1. The molecule has 5 fully saturated rings. The van der Waals surface area contributed by atoms with Crippen molar-refractivity contribution in [1.29, 1.82) is 0 Å². The van der Waals surface area contributed by atoms with Crippen LogP contribution in [0.15, 0.2) is 0 Å². The van der Waals surface area contributed by atoms with Crippen molar-refractivity contribution in [3.05, 3.63) is 0 Å². The summed E-state index contributed by atoms with van der Waals surface area (Å²) in [6.07, 6.45) is 23.7. The van der Waals surface area contributed by atoms with Crippen LogP contribution in [0.25, 0.3) is 0 Å². The molecule has 0 heterocycles. The zero-order chi connectivity index (χ0) is 30.7. The van der Waals surface area contributed by atoms with E-state index in [1.807, 2.05) is 0 Å². The second-order valence-corrected chi connectivity index (χ2v) is 15.6. The van der Waals surface area contributed by atoms with Crippen molar-refractivity contribution in [2.24, 2.45) is 59.2 Å². The van der Waals surface area contributed by atoms with Gasteiger partial charge in [-0.3, -0.25) is 14.8 Å². The fourth-order valence-electron chi connectivity index (χ4n) is 10.1. The van der Waals surface area contributed by atoms with Gasteiger partial charge in [0.2, 0.25) is 5.91 Å². The number of hydroxylamine groups is 1. The minimum atomic E-state index is -0.799. The zero-order valence-corrected chi connectivity index (χ0v) is 27.3. The molecule has 252 valence electrons. The molecule has 0 bridgehead atoms. The average molecular weight is 619 g/mol. The Bertz CT molecular complexity index is 867. The van der Waals surface area contributed by atoms with Gasteiger partial charge in [0.25, 0.3) is 0 Å².